The molecule has 3 aromatic rings. The van der Waals surface area contributed by atoms with Crippen LogP contribution in [0.25, 0.3) is 0 Å². The zero-order valence-corrected chi connectivity index (χ0v) is 16.1. The van der Waals surface area contributed by atoms with Crippen LogP contribution >= 0.6 is 11.6 Å². The van der Waals surface area contributed by atoms with Crippen molar-refractivity contribution in [3.05, 3.63) is 71.3 Å². The summed E-state index contributed by atoms with van der Waals surface area (Å²) in [6, 6.07) is 10.3. The van der Waals surface area contributed by atoms with Crippen molar-refractivity contribution in [2.24, 2.45) is 0 Å². The van der Waals surface area contributed by atoms with Crippen LogP contribution in [0.15, 0.2) is 55.1 Å². The van der Waals surface area contributed by atoms with Gasteiger partial charge in [-0.15, -0.1) is 0 Å². The van der Waals surface area contributed by atoms with Gasteiger partial charge in [0.2, 0.25) is 0 Å². The van der Waals surface area contributed by atoms with E-state index < -0.39 is 17.8 Å². The molecule has 5 nitrogen and oxygen atoms in total. The number of nitrogens with zero attached hydrogens (tertiary/aromatic N) is 3. The Morgan fingerprint density at radius 3 is 2.48 bits per heavy atom. The van der Waals surface area contributed by atoms with Gasteiger partial charge < -0.3 is 9.84 Å². The highest BCUT2D eigenvalue weighted by Gasteiger charge is 2.33. The highest BCUT2D eigenvalue weighted by Crippen LogP contribution is 2.36. The van der Waals surface area contributed by atoms with Crippen LogP contribution < -0.4 is 4.74 Å². The second kappa shape index (κ2) is 9.28. The number of hydrogen-bond donors (Lipinski definition) is 1. The van der Waals surface area contributed by atoms with Crippen LogP contribution in [0.2, 0.25) is 5.02 Å². The van der Waals surface area contributed by atoms with Crippen LogP contribution in [0.1, 0.15) is 24.0 Å². The van der Waals surface area contributed by atoms with E-state index in [2.05, 4.69) is 10.1 Å². The van der Waals surface area contributed by atoms with Crippen molar-refractivity contribution in [3.8, 4) is 11.5 Å². The van der Waals surface area contributed by atoms with Crippen LogP contribution in [0.5, 0.6) is 11.5 Å². The average Bonchev–Trinajstić information content (AvgIpc) is 3.17. The van der Waals surface area contributed by atoms with Crippen LogP contribution in [-0.4, -0.2) is 26.0 Å². The van der Waals surface area contributed by atoms with E-state index in [1.54, 1.807) is 24.3 Å². The van der Waals surface area contributed by atoms with E-state index >= 15 is 0 Å². The van der Waals surface area contributed by atoms with E-state index in [1.165, 1.54) is 29.5 Å². The molecule has 0 aliphatic heterocycles. The van der Waals surface area contributed by atoms with Crippen LogP contribution in [0.3, 0.4) is 0 Å². The van der Waals surface area contributed by atoms with Crippen LogP contribution in [0.4, 0.5) is 13.2 Å². The molecule has 0 amide bonds. The summed E-state index contributed by atoms with van der Waals surface area (Å²) in [6.07, 6.45) is -1.45. The molecule has 0 radical (unpaired) electrons. The van der Waals surface area contributed by atoms with Crippen LogP contribution in [0, 0.1) is 0 Å². The number of aryl methyl sites for hydroxylation is 1. The molecule has 3 rings (SSSR count). The highest BCUT2D eigenvalue weighted by atomic mass is 35.5. The number of aliphatic hydroxyl groups excluding tert-OH is 1. The summed E-state index contributed by atoms with van der Waals surface area (Å²) >= 11 is 5.80. The Morgan fingerprint density at radius 2 is 1.83 bits per heavy atom. The Labute approximate surface area is 170 Å². The van der Waals surface area contributed by atoms with Gasteiger partial charge in [0.1, 0.15) is 24.2 Å². The third-order valence-electron chi connectivity index (χ3n) is 4.28. The molecule has 1 N–H and O–H groups in total. The Morgan fingerprint density at radius 1 is 1.10 bits per heavy atom. The molecule has 9 heteroatoms. The van der Waals surface area contributed by atoms with E-state index in [4.69, 9.17) is 16.3 Å². The molecule has 0 saturated heterocycles. The summed E-state index contributed by atoms with van der Waals surface area (Å²) in [5, 5.41) is 14.4. The first-order valence-corrected chi connectivity index (χ1v) is 9.33. The van der Waals surface area contributed by atoms with Gasteiger partial charge in [0, 0.05) is 5.02 Å². The van der Waals surface area contributed by atoms with E-state index in [1.807, 2.05) is 0 Å². The molecule has 1 aromatic heterocycles. The third-order valence-corrected chi connectivity index (χ3v) is 4.54. The minimum Gasteiger partial charge on any atom is -0.457 e. The summed E-state index contributed by atoms with van der Waals surface area (Å²) in [7, 11) is 0. The van der Waals surface area contributed by atoms with Crippen molar-refractivity contribution in [2.75, 3.05) is 0 Å². The van der Waals surface area contributed by atoms with Crippen molar-refractivity contribution >= 4 is 11.6 Å². The lowest BCUT2D eigenvalue weighted by atomic mass is 10.00. The van der Waals surface area contributed by atoms with Gasteiger partial charge >= 0.3 is 6.18 Å². The number of rotatable bonds is 8. The number of alkyl halides is 3. The lowest BCUT2D eigenvalue weighted by molar-refractivity contribution is -0.138. The zero-order chi connectivity index (χ0) is 20.9. The molecule has 29 heavy (non-hydrogen) atoms. The minimum atomic E-state index is -4.51. The monoisotopic (exact) mass is 425 g/mol. The molecule has 1 heterocycles. The summed E-state index contributed by atoms with van der Waals surface area (Å²) < 4.78 is 47.5. The SMILES string of the molecule is OC(CCCc1ccc(Oc2ccc(Cl)cc2)cc1C(F)(F)F)Cn1cncn1. The summed E-state index contributed by atoms with van der Waals surface area (Å²) in [6.45, 7) is 0.250. The molecule has 0 aliphatic rings. The van der Waals surface area contributed by atoms with Gasteiger partial charge in [0.05, 0.1) is 18.2 Å². The zero-order valence-electron chi connectivity index (χ0n) is 15.3. The third kappa shape index (κ3) is 6.20. The van der Waals surface area contributed by atoms with Crippen molar-refractivity contribution in [1.82, 2.24) is 14.8 Å². The topological polar surface area (TPSA) is 60.2 Å². The van der Waals surface area contributed by atoms with Gasteiger partial charge in [-0.1, -0.05) is 17.7 Å². The van der Waals surface area contributed by atoms with Gasteiger partial charge in [-0.2, -0.15) is 18.3 Å². The Balaban J connectivity index is 1.65. The molecule has 154 valence electrons. The normalized spacial score (nSPS) is 12.7. The fourth-order valence-corrected chi connectivity index (χ4v) is 3.03. The van der Waals surface area contributed by atoms with Gasteiger partial charge in [0.15, 0.2) is 0 Å². The molecule has 0 bridgehead atoms. The Bertz CT molecular complexity index is 916. The van der Waals surface area contributed by atoms with E-state index in [-0.39, 0.29) is 24.3 Å². The van der Waals surface area contributed by atoms with Gasteiger partial charge in [-0.3, -0.25) is 4.68 Å². The number of halogens is 4. The average molecular weight is 426 g/mol. The fraction of sp³-hybridized carbons (Fsp3) is 0.300. The van der Waals surface area contributed by atoms with Crippen LogP contribution in [-0.2, 0) is 19.1 Å². The second-order valence-corrected chi connectivity index (χ2v) is 6.97. The summed E-state index contributed by atoms with van der Waals surface area (Å²) in [5.41, 5.74) is -0.580. The second-order valence-electron chi connectivity index (χ2n) is 6.54. The number of benzene rings is 2. The highest BCUT2D eigenvalue weighted by molar-refractivity contribution is 6.30. The Kier molecular flexibility index (Phi) is 6.76. The van der Waals surface area contributed by atoms with Crippen molar-refractivity contribution in [2.45, 2.75) is 38.1 Å². The first-order valence-electron chi connectivity index (χ1n) is 8.95. The molecule has 0 fully saturated rings. The maximum absolute atomic E-state index is 13.5. The predicted molar refractivity (Wildman–Crippen MR) is 102 cm³/mol. The largest absolute Gasteiger partial charge is 0.457 e. The fourth-order valence-electron chi connectivity index (χ4n) is 2.90. The molecule has 0 aliphatic carbocycles. The van der Waals surface area contributed by atoms with Crippen molar-refractivity contribution in [1.29, 1.82) is 0 Å². The molecular weight excluding hydrogens is 407 g/mol. The molecule has 1 atom stereocenters. The predicted octanol–water partition coefficient (Wildman–Crippen LogP) is 5.13. The Hall–Kier alpha value is -2.58. The van der Waals surface area contributed by atoms with E-state index in [0.717, 1.165) is 6.07 Å². The number of aromatic nitrogens is 3. The number of aliphatic hydroxyl groups is 1. The molecular formula is C20H19ClF3N3O2. The number of ether oxygens (including phenoxy) is 1. The van der Waals surface area contributed by atoms with E-state index in [9.17, 15) is 18.3 Å². The van der Waals surface area contributed by atoms with Gasteiger partial charge in [0.25, 0.3) is 0 Å². The number of hydrogen-bond acceptors (Lipinski definition) is 4. The van der Waals surface area contributed by atoms with E-state index in [0.29, 0.717) is 23.6 Å². The van der Waals surface area contributed by atoms with Gasteiger partial charge in [-0.25, -0.2) is 4.98 Å². The summed E-state index contributed by atoms with van der Waals surface area (Å²) in [5.74, 6) is 0.487. The quantitative estimate of drug-likeness (QED) is 0.543. The minimum absolute atomic E-state index is 0.0922. The maximum Gasteiger partial charge on any atom is 0.416 e. The molecule has 1 unspecified atom stereocenters. The first-order chi connectivity index (χ1) is 13.8. The maximum atomic E-state index is 13.5. The standard InChI is InChI=1S/C20H19ClF3N3O2/c21-15-5-8-17(9-6-15)29-18-7-4-14(19(10-18)20(22,23)24)2-1-3-16(28)11-27-13-25-12-26-27/h4-10,12-13,16,28H,1-3,11H2. The lowest BCUT2D eigenvalue weighted by Gasteiger charge is -2.16. The first kappa shape index (κ1) is 21.1. The lowest BCUT2D eigenvalue weighted by Crippen LogP contribution is -2.17. The summed E-state index contributed by atoms with van der Waals surface area (Å²) in [4.78, 5) is 3.78. The molecule has 2 aromatic carbocycles. The smallest absolute Gasteiger partial charge is 0.416 e. The van der Waals surface area contributed by atoms with Gasteiger partial charge in [-0.05, 0) is 61.2 Å². The van der Waals surface area contributed by atoms with Crippen molar-refractivity contribution < 1.29 is 23.0 Å². The molecule has 0 saturated carbocycles. The van der Waals surface area contributed by atoms with Crippen molar-refractivity contribution in [3.63, 3.8) is 0 Å². The molecule has 0 spiro atoms.